The van der Waals surface area contributed by atoms with Gasteiger partial charge in [0, 0.05) is 0 Å². The zero-order valence-corrected chi connectivity index (χ0v) is 6.02. The van der Waals surface area contributed by atoms with Crippen LogP contribution in [0, 0.1) is 0 Å². The van der Waals surface area contributed by atoms with E-state index >= 15 is 0 Å². The summed E-state index contributed by atoms with van der Waals surface area (Å²) in [7, 11) is 0. The lowest BCUT2D eigenvalue weighted by atomic mass is 10.6. The largest absolute Gasteiger partial charge is 0.502 e. The Morgan fingerprint density at radius 1 is 0.750 bits per heavy atom. The molecule has 0 unspecified atom stereocenters. The van der Waals surface area contributed by atoms with Crippen molar-refractivity contribution in [2.24, 2.45) is 0 Å². The SMILES string of the molecule is C=C(O)C(=O)O.C=C(O)C(=O)O. The molecule has 0 radical (unpaired) electrons. The Labute approximate surface area is 67.7 Å². The third kappa shape index (κ3) is 10.9. The Morgan fingerprint density at radius 2 is 0.833 bits per heavy atom. The average molecular weight is 176 g/mol. The molecule has 6 nitrogen and oxygen atoms in total. The smallest absolute Gasteiger partial charge is 0.370 e. The fourth-order valence-corrected chi connectivity index (χ4v) is 0. The molecule has 0 fully saturated rings. The van der Waals surface area contributed by atoms with Gasteiger partial charge in [0.15, 0.2) is 11.5 Å². The number of aliphatic hydroxyl groups excluding tert-OH is 2. The molecule has 12 heavy (non-hydrogen) atoms. The van der Waals surface area contributed by atoms with Crippen molar-refractivity contribution in [3.63, 3.8) is 0 Å². The lowest BCUT2D eigenvalue weighted by Gasteiger charge is -1.79. The molecule has 0 aliphatic heterocycles. The third-order valence-corrected chi connectivity index (χ3v) is 0.494. The van der Waals surface area contributed by atoms with Gasteiger partial charge in [0.25, 0.3) is 0 Å². The van der Waals surface area contributed by atoms with Crippen molar-refractivity contribution in [2.45, 2.75) is 0 Å². The maximum absolute atomic E-state index is 9.35. The fraction of sp³-hybridized carbons (Fsp3) is 0. The Balaban J connectivity index is 0. The first-order chi connectivity index (χ1) is 5.29. The molecule has 0 aromatic heterocycles. The highest BCUT2D eigenvalue weighted by Crippen LogP contribution is 1.75. The third-order valence-electron chi connectivity index (χ3n) is 0.494. The van der Waals surface area contributed by atoms with E-state index in [9.17, 15) is 9.59 Å². The fourth-order valence-electron chi connectivity index (χ4n) is 0. The van der Waals surface area contributed by atoms with Crippen molar-refractivity contribution in [3.8, 4) is 0 Å². The van der Waals surface area contributed by atoms with Crippen LogP contribution in [0.1, 0.15) is 0 Å². The first-order valence-corrected chi connectivity index (χ1v) is 2.51. The molecule has 0 saturated carbocycles. The molecule has 0 aromatic carbocycles. The van der Waals surface area contributed by atoms with Gasteiger partial charge in [-0.25, -0.2) is 9.59 Å². The summed E-state index contributed by atoms with van der Waals surface area (Å²) >= 11 is 0. The second kappa shape index (κ2) is 5.78. The van der Waals surface area contributed by atoms with Crippen molar-refractivity contribution < 1.29 is 30.0 Å². The second-order valence-electron chi connectivity index (χ2n) is 1.50. The molecule has 0 aliphatic carbocycles. The van der Waals surface area contributed by atoms with E-state index in [2.05, 4.69) is 13.2 Å². The lowest BCUT2D eigenvalue weighted by molar-refractivity contribution is -0.136. The van der Waals surface area contributed by atoms with E-state index in [1.165, 1.54) is 0 Å². The summed E-state index contributed by atoms with van der Waals surface area (Å²) in [5, 5.41) is 31.0. The maximum atomic E-state index is 9.35. The first kappa shape index (κ1) is 12.7. The van der Waals surface area contributed by atoms with Crippen molar-refractivity contribution in [3.05, 3.63) is 24.7 Å². The number of hydrogen-bond acceptors (Lipinski definition) is 4. The molecule has 6 heteroatoms. The predicted molar refractivity (Wildman–Crippen MR) is 38.8 cm³/mol. The van der Waals surface area contributed by atoms with Gasteiger partial charge < -0.3 is 20.4 Å². The number of carboxylic acid groups (broad SMARTS) is 2. The van der Waals surface area contributed by atoms with Crippen molar-refractivity contribution in [1.82, 2.24) is 0 Å². The highest BCUT2D eigenvalue weighted by atomic mass is 16.4. The van der Waals surface area contributed by atoms with Gasteiger partial charge in [-0.3, -0.25) is 0 Å². The van der Waals surface area contributed by atoms with E-state index in [0.29, 0.717) is 0 Å². The van der Waals surface area contributed by atoms with Gasteiger partial charge in [-0.05, 0) is 13.2 Å². The molecular weight excluding hydrogens is 168 g/mol. The Bertz CT molecular complexity index is 168. The van der Waals surface area contributed by atoms with Crippen molar-refractivity contribution >= 4 is 11.9 Å². The lowest BCUT2D eigenvalue weighted by Crippen LogP contribution is -1.95. The molecule has 0 spiro atoms. The summed E-state index contributed by atoms with van der Waals surface area (Å²) in [4.78, 5) is 18.7. The molecule has 68 valence electrons. The van der Waals surface area contributed by atoms with Crippen molar-refractivity contribution in [2.75, 3.05) is 0 Å². The van der Waals surface area contributed by atoms with E-state index in [-0.39, 0.29) is 0 Å². The number of rotatable bonds is 2. The molecule has 0 aromatic rings. The number of hydrogen-bond donors (Lipinski definition) is 4. The Morgan fingerprint density at radius 3 is 0.833 bits per heavy atom. The monoisotopic (exact) mass is 176 g/mol. The summed E-state index contributed by atoms with van der Waals surface area (Å²) in [6, 6.07) is 0. The molecule has 0 atom stereocenters. The Hall–Kier alpha value is -1.98. The topological polar surface area (TPSA) is 115 Å². The number of carbonyl (C=O) groups is 2. The number of aliphatic hydroxyl groups is 2. The second-order valence-corrected chi connectivity index (χ2v) is 1.50. The minimum absolute atomic E-state index is 0.824. The van der Waals surface area contributed by atoms with Crippen LogP contribution in [0.25, 0.3) is 0 Å². The van der Waals surface area contributed by atoms with E-state index in [1.54, 1.807) is 0 Å². The Kier molecular flexibility index (Phi) is 6.10. The molecule has 0 amide bonds. The summed E-state index contributed by atoms with van der Waals surface area (Å²) in [6.07, 6.45) is 0. The minimum atomic E-state index is -1.38. The molecule has 4 N–H and O–H groups in total. The highest BCUT2D eigenvalue weighted by molar-refractivity contribution is 5.83. The normalized spacial score (nSPS) is 7.33. The summed E-state index contributed by atoms with van der Waals surface area (Å²) < 4.78 is 0. The van der Waals surface area contributed by atoms with Crippen LogP contribution in [0.4, 0.5) is 0 Å². The average Bonchev–Trinajstić information content (AvgIpc) is 1.88. The minimum Gasteiger partial charge on any atom is -0.502 e. The summed E-state index contributed by atoms with van der Waals surface area (Å²) in [6.45, 7) is 5.42. The zero-order chi connectivity index (χ0) is 10.3. The number of aliphatic carboxylic acids is 2. The molecule has 0 rings (SSSR count). The predicted octanol–water partition coefficient (Wildman–Crippen LogP) is 0.285. The van der Waals surface area contributed by atoms with E-state index in [0.717, 1.165) is 0 Å². The van der Waals surface area contributed by atoms with Gasteiger partial charge in [0.1, 0.15) is 0 Å². The van der Waals surface area contributed by atoms with Gasteiger partial charge >= 0.3 is 11.9 Å². The van der Waals surface area contributed by atoms with Crippen LogP contribution in [-0.4, -0.2) is 32.4 Å². The van der Waals surface area contributed by atoms with Gasteiger partial charge in [-0.15, -0.1) is 0 Å². The van der Waals surface area contributed by atoms with E-state index < -0.39 is 23.5 Å². The van der Waals surface area contributed by atoms with Gasteiger partial charge in [0.2, 0.25) is 0 Å². The van der Waals surface area contributed by atoms with Gasteiger partial charge in [-0.1, -0.05) is 0 Å². The zero-order valence-electron chi connectivity index (χ0n) is 6.02. The van der Waals surface area contributed by atoms with E-state index in [4.69, 9.17) is 20.4 Å². The number of carboxylic acids is 2. The van der Waals surface area contributed by atoms with Crippen LogP contribution in [0.15, 0.2) is 24.7 Å². The van der Waals surface area contributed by atoms with Crippen LogP contribution < -0.4 is 0 Å². The van der Waals surface area contributed by atoms with Crippen molar-refractivity contribution in [1.29, 1.82) is 0 Å². The summed E-state index contributed by atoms with van der Waals surface area (Å²) in [5.74, 6) is -4.41. The van der Waals surface area contributed by atoms with Gasteiger partial charge in [0.05, 0.1) is 0 Å². The molecule has 0 saturated heterocycles. The highest BCUT2D eigenvalue weighted by Gasteiger charge is 1.94. The standard InChI is InChI=1S/2C3H4O3/c2*1-2(4)3(5)6/h2*4H,1H2,(H,5,6). The first-order valence-electron chi connectivity index (χ1n) is 2.51. The van der Waals surface area contributed by atoms with Crippen LogP contribution in [-0.2, 0) is 9.59 Å². The van der Waals surface area contributed by atoms with E-state index in [1.807, 2.05) is 0 Å². The maximum Gasteiger partial charge on any atom is 0.370 e. The summed E-state index contributed by atoms with van der Waals surface area (Å²) in [5.41, 5.74) is 0. The molecular formula is C6H8O6. The molecule has 0 bridgehead atoms. The molecule has 0 heterocycles. The van der Waals surface area contributed by atoms with Crippen LogP contribution in [0.2, 0.25) is 0 Å². The van der Waals surface area contributed by atoms with Crippen LogP contribution >= 0.6 is 0 Å². The quantitative estimate of drug-likeness (QED) is 0.355. The van der Waals surface area contributed by atoms with Crippen LogP contribution in [0.5, 0.6) is 0 Å². The molecule has 0 aliphatic rings. The van der Waals surface area contributed by atoms with Crippen LogP contribution in [0.3, 0.4) is 0 Å². The van der Waals surface area contributed by atoms with Gasteiger partial charge in [-0.2, -0.15) is 0 Å².